The summed E-state index contributed by atoms with van der Waals surface area (Å²) in [4.78, 5) is 11.7. The lowest BCUT2D eigenvalue weighted by Gasteiger charge is -2.25. The van der Waals surface area contributed by atoms with Crippen molar-refractivity contribution in [3.8, 4) is 0 Å². The maximum atomic E-state index is 11.7. The molecule has 82 valence electrons. The fraction of sp³-hybridized carbons (Fsp3) is 0.917. The molecule has 0 radical (unpaired) electrons. The van der Waals surface area contributed by atoms with Crippen LogP contribution < -0.4 is 0 Å². The number of carbonyl (C=O) groups is 1. The van der Waals surface area contributed by atoms with Gasteiger partial charge in [-0.15, -0.1) is 0 Å². The average molecular weight is 198 g/mol. The number of Topliss-reactive ketones (excluding diaryl/α,β-unsaturated/α-hetero) is 1. The molecule has 1 aliphatic carbocycles. The topological polar surface area (TPSA) is 26.3 Å². The molecule has 0 N–H and O–H groups in total. The number of ketones is 1. The Morgan fingerprint density at radius 2 is 2.21 bits per heavy atom. The molecule has 0 aromatic heterocycles. The first-order valence-electron chi connectivity index (χ1n) is 5.84. The summed E-state index contributed by atoms with van der Waals surface area (Å²) in [6.07, 6.45) is 5.66. The molecule has 0 saturated heterocycles. The normalized spacial score (nSPS) is 27.6. The van der Waals surface area contributed by atoms with E-state index in [0.717, 1.165) is 25.2 Å². The van der Waals surface area contributed by atoms with E-state index in [9.17, 15) is 4.79 Å². The van der Waals surface area contributed by atoms with Gasteiger partial charge in [-0.05, 0) is 25.2 Å². The molecule has 1 fully saturated rings. The van der Waals surface area contributed by atoms with Gasteiger partial charge in [-0.1, -0.05) is 26.7 Å². The molecular weight excluding hydrogens is 176 g/mol. The minimum Gasteiger partial charge on any atom is -0.374 e. The van der Waals surface area contributed by atoms with Crippen molar-refractivity contribution in [1.82, 2.24) is 0 Å². The van der Waals surface area contributed by atoms with Gasteiger partial charge >= 0.3 is 0 Å². The zero-order valence-electron chi connectivity index (χ0n) is 9.42. The fourth-order valence-electron chi connectivity index (χ4n) is 2.16. The molecule has 0 heterocycles. The van der Waals surface area contributed by atoms with Gasteiger partial charge in [-0.2, -0.15) is 0 Å². The van der Waals surface area contributed by atoms with Gasteiger partial charge in [0.15, 0.2) is 5.78 Å². The summed E-state index contributed by atoms with van der Waals surface area (Å²) in [6, 6.07) is 0. The molecule has 14 heavy (non-hydrogen) atoms. The fourth-order valence-corrected chi connectivity index (χ4v) is 2.16. The SMILES string of the molecule is CCCOCC(=O)C1CCC[C@H](C)C1. The second kappa shape index (κ2) is 6.18. The van der Waals surface area contributed by atoms with E-state index in [1.54, 1.807) is 0 Å². The molecule has 0 aliphatic heterocycles. The lowest BCUT2D eigenvalue weighted by molar-refractivity contribution is -0.128. The summed E-state index contributed by atoms with van der Waals surface area (Å²) in [7, 11) is 0. The third-order valence-corrected chi connectivity index (χ3v) is 2.98. The molecule has 1 rings (SSSR count). The highest BCUT2D eigenvalue weighted by molar-refractivity contribution is 5.82. The molecule has 0 amide bonds. The molecule has 0 spiro atoms. The predicted octanol–water partition coefficient (Wildman–Crippen LogP) is 2.81. The Morgan fingerprint density at radius 3 is 2.86 bits per heavy atom. The third-order valence-electron chi connectivity index (χ3n) is 2.98. The number of ether oxygens (including phenoxy) is 1. The second-order valence-corrected chi connectivity index (χ2v) is 4.49. The molecule has 2 nitrogen and oxygen atoms in total. The van der Waals surface area contributed by atoms with Gasteiger partial charge in [0.25, 0.3) is 0 Å². The first kappa shape index (κ1) is 11.7. The smallest absolute Gasteiger partial charge is 0.161 e. The monoisotopic (exact) mass is 198 g/mol. The third kappa shape index (κ3) is 3.79. The van der Waals surface area contributed by atoms with Crippen molar-refractivity contribution in [2.45, 2.75) is 46.0 Å². The summed E-state index contributed by atoms with van der Waals surface area (Å²) in [5.41, 5.74) is 0. The van der Waals surface area contributed by atoms with Gasteiger partial charge in [0.2, 0.25) is 0 Å². The zero-order chi connectivity index (χ0) is 10.4. The van der Waals surface area contributed by atoms with E-state index in [1.165, 1.54) is 12.8 Å². The van der Waals surface area contributed by atoms with Gasteiger partial charge in [0, 0.05) is 12.5 Å². The number of hydrogen-bond donors (Lipinski definition) is 0. The summed E-state index contributed by atoms with van der Waals surface area (Å²) in [5, 5.41) is 0. The highest BCUT2D eigenvalue weighted by Crippen LogP contribution is 2.29. The Labute approximate surface area is 87.0 Å². The maximum Gasteiger partial charge on any atom is 0.161 e. The number of carbonyl (C=O) groups excluding carboxylic acids is 1. The lowest BCUT2D eigenvalue weighted by Crippen LogP contribution is -2.25. The average Bonchev–Trinajstić information content (AvgIpc) is 2.18. The van der Waals surface area contributed by atoms with Gasteiger partial charge in [-0.3, -0.25) is 4.79 Å². The molecule has 1 aliphatic rings. The predicted molar refractivity (Wildman–Crippen MR) is 57.2 cm³/mol. The molecule has 2 heteroatoms. The second-order valence-electron chi connectivity index (χ2n) is 4.49. The summed E-state index contributed by atoms with van der Waals surface area (Å²) < 4.78 is 5.28. The Balaban J connectivity index is 2.22. The van der Waals surface area contributed by atoms with Crippen LogP contribution in [0.2, 0.25) is 0 Å². The molecule has 1 unspecified atom stereocenters. The largest absolute Gasteiger partial charge is 0.374 e. The van der Waals surface area contributed by atoms with E-state index >= 15 is 0 Å². The van der Waals surface area contributed by atoms with E-state index in [-0.39, 0.29) is 5.92 Å². The van der Waals surface area contributed by atoms with Crippen LogP contribution in [-0.4, -0.2) is 19.0 Å². The first-order chi connectivity index (χ1) is 6.74. The van der Waals surface area contributed by atoms with E-state index < -0.39 is 0 Å². The Kier molecular flexibility index (Phi) is 5.16. The summed E-state index contributed by atoms with van der Waals surface area (Å²) >= 11 is 0. The van der Waals surface area contributed by atoms with Crippen LogP contribution >= 0.6 is 0 Å². The minimum atomic E-state index is 0.288. The highest BCUT2D eigenvalue weighted by atomic mass is 16.5. The van der Waals surface area contributed by atoms with Crippen molar-refractivity contribution in [1.29, 1.82) is 0 Å². The van der Waals surface area contributed by atoms with Crippen LogP contribution in [0.5, 0.6) is 0 Å². The summed E-state index contributed by atoms with van der Waals surface area (Å²) in [6.45, 7) is 5.36. The van der Waals surface area contributed by atoms with Gasteiger partial charge in [-0.25, -0.2) is 0 Å². The standard InChI is InChI=1S/C12H22O2/c1-3-7-14-9-12(13)11-6-4-5-10(2)8-11/h10-11H,3-9H2,1-2H3/t10-,11?/m0/s1. The minimum absolute atomic E-state index is 0.288. The van der Waals surface area contributed by atoms with Crippen LogP contribution in [0, 0.1) is 11.8 Å². The van der Waals surface area contributed by atoms with Crippen LogP contribution in [0.3, 0.4) is 0 Å². The van der Waals surface area contributed by atoms with Crippen LogP contribution in [0.25, 0.3) is 0 Å². The van der Waals surface area contributed by atoms with E-state index in [4.69, 9.17) is 4.74 Å². The van der Waals surface area contributed by atoms with Crippen molar-refractivity contribution < 1.29 is 9.53 Å². The van der Waals surface area contributed by atoms with Crippen LogP contribution in [0.15, 0.2) is 0 Å². The van der Waals surface area contributed by atoms with Crippen molar-refractivity contribution in [3.63, 3.8) is 0 Å². The number of rotatable bonds is 5. The van der Waals surface area contributed by atoms with E-state index in [1.807, 2.05) is 0 Å². The van der Waals surface area contributed by atoms with E-state index in [2.05, 4.69) is 13.8 Å². The maximum absolute atomic E-state index is 11.7. The van der Waals surface area contributed by atoms with Crippen LogP contribution in [0.4, 0.5) is 0 Å². The molecule has 1 saturated carbocycles. The van der Waals surface area contributed by atoms with Gasteiger partial charge < -0.3 is 4.74 Å². The van der Waals surface area contributed by atoms with E-state index in [0.29, 0.717) is 19.0 Å². The number of hydrogen-bond acceptors (Lipinski definition) is 2. The van der Waals surface area contributed by atoms with Gasteiger partial charge in [0.1, 0.15) is 6.61 Å². The van der Waals surface area contributed by atoms with Crippen LogP contribution in [0.1, 0.15) is 46.0 Å². The van der Waals surface area contributed by atoms with Crippen LogP contribution in [-0.2, 0) is 9.53 Å². The Bertz CT molecular complexity index is 177. The quantitative estimate of drug-likeness (QED) is 0.635. The molecular formula is C12H22O2. The Morgan fingerprint density at radius 1 is 1.43 bits per heavy atom. The zero-order valence-corrected chi connectivity index (χ0v) is 9.42. The van der Waals surface area contributed by atoms with Gasteiger partial charge in [0.05, 0.1) is 0 Å². The van der Waals surface area contributed by atoms with Crippen molar-refractivity contribution in [3.05, 3.63) is 0 Å². The first-order valence-corrected chi connectivity index (χ1v) is 5.84. The molecule has 0 bridgehead atoms. The van der Waals surface area contributed by atoms with Crippen molar-refractivity contribution >= 4 is 5.78 Å². The molecule has 0 aromatic rings. The molecule has 0 aromatic carbocycles. The molecule has 2 atom stereocenters. The lowest BCUT2D eigenvalue weighted by atomic mass is 9.80. The summed E-state index contributed by atoms with van der Waals surface area (Å²) in [5.74, 6) is 1.34. The van der Waals surface area contributed by atoms with Crippen molar-refractivity contribution in [2.24, 2.45) is 11.8 Å². The van der Waals surface area contributed by atoms with Crippen molar-refractivity contribution in [2.75, 3.05) is 13.2 Å². The highest BCUT2D eigenvalue weighted by Gasteiger charge is 2.24. The Hall–Kier alpha value is -0.370.